The predicted octanol–water partition coefficient (Wildman–Crippen LogP) is 0.686. The molecule has 1 fully saturated rings. The summed E-state index contributed by atoms with van der Waals surface area (Å²) >= 11 is 0. The fourth-order valence-electron chi connectivity index (χ4n) is 2.74. The molecule has 1 aromatic heterocycles. The van der Waals surface area contributed by atoms with Gasteiger partial charge in [-0.2, -0.15) is 0 Å². The molecule has 0 aromatic carbocycles. The molecule has 0 aliphatic carbocycles. The van der Waals surface area contributed by atoms with Crippen molar-refractivity contribution in [3.05, 3.63) is 18.1 Å². The summed E-state index contributed by atoms with van der Waals surface area (Å²) in [6.07, 6.45) is 3.38. The van der Waals surface area contributed by atoms with Gasteiger partial charge in [0.15, 0.2) is 5.84 Å². The molecule has 7 nitrogen and oxygen atoms in total. The third kappa shape index (κ3) is 3.60. The molecule has 1 aromatic rings. The van der Waals surface area contributed by atoms with Crippen LogP contribution in [0.4, 0.5) is 5.82 Å². The summed E-state index contributed by atoms with van der Waals surface area (Å²) in [4.78, 5) is 13.1. The van der Waals surface area contributed by atoms with Crippen molar-refractivity contribution in [2.75, 3.05) is 31.1 Å². The molecule has 2 rings (SSSR count). The lowest BCUT2D eigenvalue weighted by atomic mass is 10.1. The van der Waals surface area contributed by atoms with E-state index in [9.17, 15) is 0 Å². The maximum atomic E-state index is 8.86. The van der Waals surface area contributed by atoms with Crippen molar-refractivity contribution in [1.82, 2.24) is 14.9 Å². The Bertz CT molecular complexity index is 484. The predicted molar refractivity (Wildman–Crippen MR) is 82.7 cm³/mol. The number of aromatic nitrogens is 2. The lowest BCUT2D eigenvalue weighted by Crippen LogP contribution is -2.54. The zero-order valence-corrected chi connectivity index (χ0v) is 12.7. The molecular weight excluding hydrogens is 268 g/mol. The van der Waals surface area contributed by atoms with E-state index in [1.807, 2.05) is 6.92 Å². The Morgan fingerprint density at radius 2 is 2.05 bits per heavy atom. The molecule has 1 saturated heterocycles. The Balaban J connectivity index is 1.99. The lowest BCUT2D eigenvalue weighted by molar-refractivity contribution is 0.215. The van der Waals surface area contributed by atoms with E-state index in [4.69, 9.17) is 10.9 Å². The standard InChI is InChI=1S/C14H24N6O/c1-3-11-9-13(17-10-16-11)20-7-5-19(6-8-20)12(4-2)14(15)18-21/h9-10,12,21H,3-8H2,1-2H3,(H2,15,18). The van der Waals surface area contributed by atoms with E-state index < -0.39 is 0 Å². The molecule has 3 N–H and O–H groups in total. The van der Waals surface area contributed by atoms with Crippen LogP contribution >= 0.6 is 0 Å². The summed E-state index contributed by atoms with van der Waals surface area (Å²) in [7, 11) is 0. The first-order chi connectivity index (χ1) is 10.2. The Morgan fingerprint density at radius 3 is 2.62 bits per heavy atom. The van der Waals surface area contributed by atoms with Gasteiger partial charge >= 0.3 is 0 Å². The number of amidine groups is 1. The fraction of sp³-hybridized carbons (Fsp3) is 0.643. The highest BCUT2D eigenvalue weighted by molar-refractivity contribution is 5.85. The van der Waals surface area contributed by atoms with Gasteiger partial charge in [-0.1, -0.05) is 19.0 Å². The van der Waals surface area contributed by atoms with Gasteiger partial charge in [-0.05, 0) is 12.8 Å². The Morgan fingerprint density at radius 1 is 1.33 bits per heavy atom. The largest absolute Gasteiger partial charge is 0.409 e. The van der Waals surface area contributed by atoms with Gasteiger partial charge in [-0.25, -0.2) is 9.97 Å². The quantitative estimate of drug-likeness (QED) is 0.359. The number of aryl methyl sites for hydroxylation is 1. The zero-order valence-electron chi connectivity index (χ0n) is 12.7. The van der Waals surface area contributed by atoms with Crippen LogP contribution in [0.25, 0.3) is 0 Å². The average molecular weight is 292 g/mol. The molecule has 7 heteroatoms. The highest BCUT2D eigenvalue weighted by atomic mass is 16.4. The van der Waals surface area contributed by atoms with Crippen molar-refractivity contribution in [1.29, 1.82) is 0 Å². The molecule has 0 saturated carbocycles. The van der Waals surface area contributed by atoms with Crippen molar-refractivity contribution < 1.29 is 5.21 Å². The van der Waals surface area contributed by atoms with Gasteiger partial charge in [0.05, 0.1) is 6.04 Å². The number of hydrogen-bond donors (Lipinski definition) is 2. The number of hydrogen-bond acceptors (Lipinski definition) is 6. The number of piperazine rings is 1. The second-order valence-electron chi connectivity index (χ2n) is 5.19. The monoisotopic (exact) mass is 292 g/mol. The first-order valence-electron chi connectivity index (χ1n) is 7.46. The van der Waals surface area contributed by atoms with E-state index in [0.717, 1.165) is 50.5 Å². The SMILES string of the molecule is CCc1cc(N2CCN(C(CC)C(N)=NO)CC2)ncn1. The van der Waals surface area contributed by atoms with Gasteiger partial charge in [-0.3, -0.25) is 4.90 Å². The van der Waals surface area contributed by atoms with Crippen LogP contribution < -0.4 is 10.6 Å². The topological polar surface area (TPSA) is 90.9 Å². The molecule has 116 valence electrons. The van der Waals surface area contributed by atoms with Crippen LogP contribution in [0.15, 0.2) is 17.5 Å². The summed E-state index contributed by atoms with van der Waals surface area (Å²) in [6.45, 7) is 7.66. The molecule has 0 spiro atoms. The summed E-state index contributed by atoms with van der Waals surface area (Å²) in [5.74, 6) is 1.28. The zero-order chi connectivity index (χ0) is 15.2. The number of oxime groups is 1. The molecule has 21 heavy (non-hydrogen) atoms. The van der Waals surface area contributed by atoms with Gasteiger partial charge in [0.1, 0.15) is 12.1 Å². The molecule has 1 aliphatic heterocycles. The second-order valence-corrected chi connectivity index (χ2v) is 5.19. The van der Waals surface area contributed by atoms with Crippen LogP contribution in [0.3, 0.4) is 0 Å². The maximum Gasteiger partial charge on any atom is 0.156 e. The second kappa shape index (κ2) is 7.21. The Hall–Kier alpha value is -1.89. The molecular formula is C14H24N6O. The van der Waals surface area contributed by atoms with Crippen LogP contribution in [-0.2, 0) is 6.42 Å². The number of rotatable bonds is 5. The number of nitrogens with zero attached hydrogens (tertiary/aromatic N) is 5. The summed E-state index contributed by atoms with van der Waals surface area (Å²) in [5, 5.41) is 12.0. The van der Waals surface area contributed by atoms with Crippen LogP contribution in [0.5, 0.6) is 0 Å². The molecule has 2 heterocycles. The Labute approximate surface area is 125 Å². The smallest absolute Gasteiger partial charge is 0.156 e. The van der Waals surface area contributed by atoms with Gasteiger partial charge < -0.3 is 15.8 Å². The van der Waals surface area contributed by atoms with Crippen molar-refractivity contribution in [2.45, 2.75) is 32.7 Å². The van der Waals surface area contributed by atoms with Gasteiger partial charge in [-0.15, -0.1) is 0 Å². The van der Waals surface area contributed by atoms with E-state index in [1.165, 1.54) is 0 Å². The molecule has 1 unspecified atom stereocenters. The lowest BCUT2D eigenvalue weighted by Gasteiger charge is -2.39. The van der Waals surface area contributed by atoms with E-state index in [2.05, 4.69) is 37.9 Å². The average Bonchev–Trinajstić information content (AvgIpc) is 2.56. The fourth-order valence-corrected chi connectivity index (χ4v) is 2.74. The van der Waals surface area contributed by atoms with Crippen molar-refractivity contribution in [2.24, 2.45) is 10.9 Å². The van der Waals surface area contributed by atoms with E-state index in [-0.39, 0.29) is 6.04 Å². The molecule has 0 radical (unpaired) electrons. The van der Waals surface area contributed by atoms with E-state index in [0.29, 0.717) is 5.84 Å². The molecule has 0 amide bonds. The molecule has 1 aliphatic rings. The third-order valence-corrected chi connectivity index (χ3v) is 3.99. The number of anilines is 1. The third-order valence-electron chi connectivity index (χ3n) is 3.99. The first kappa shape index (κ1) is 15.5. The van der Waals surface area contributed by atoms with Crippen molar-refractivity contribution in [3.63, 3.8) is 0 Å². The molecule has 0 bridgehead atoms. The normalized spacial score (nSPS) is 18.8. The highest BCUT2D eigenvalue weighted by Crippen LogP contribution is 2.16. The van der Waals surface area contributed by atoms with Crippen LogP contribution in [0.2, 0.25) is 0 Å². The Kier molecular flexibility index (Phi) is 5.32. The summed E-state index contributed by atoms with van der Waals surface area (Å²) in [5.41, 5.74) is 6.83. The maximum absolute atomic E-state index is 8.86. The van der Waals surface area contributed by atoms with Gasteiger partial charge in [0.25, 0.3) is 0 Å². The van der Waals surface area contributed by atoms with Crippen molar-refractivity contribution >= 4 is 11.7 Å². The van der Waals surface area contributed by atoms with Crippen LogP contribution in [-0.4, -0.2) is 58.1 Å². The minimum Gasteiger partial charge on any atom is -0.409 e. The van der Waals surface area contributed by atoms with Crippen LogP contribution in [0.1, 0.15) is 26.0 Å². The van der Waals surface area contributed by atoms with E-state index >= 15 is 0 Å². The summed E-state index contributed by atoms with van der Waals surface area (Å²) < 4.78 is 0. The van der Waals surface area contributed by atoms with Gasteiger partial charge in [0.2, 0.25) is 0 Å². The van der Waals surface area contributed by atoms with Crippen LogP contribution in [0, 0.1) is 0 Å². The van der Waals surface area contributed by atoms with E-state index in [1.54, 1.807) is 6.33 Å². The number of nitrogens with two attached hydrogens (primary N) is 1. The highest BCUT2D eigenvalue weighted by Gasteiger charge is 2.26. The molecule has 1 atom stereocenters. The minimum atomic E-state index is 0.00810. The van der Waals surface area contributed by atoms with Gasteiger partial charge in [0, 0.05) is 37.9 Å². The first-order valence-corrected chi connectivity index (χ1v) is 7.46. The summed E-state index contributed by atoms with van der Waals surface area (Å²) in [6, 6.07) is 2.06. The minimum absolute atomic E-state index is 0.00810. The van der Waals surface area contributed by atoms with Crippen molar-refractivity contribution in [3.8, 4) is 0 Å².